The lowest BCUT2D eigenvalue weighted by Gasteiger charge is -2.37. The number of benzene rings is 1. The Balaban J connectivity index is 1.81. The summed E-state index contributed by atoms with van der Waals surface area (Å²) in [6.45, 7) is 1.63. The Morgan fingerprint density at radius 2 is 1.81 bits per heavy atom. The maximum Gasteiger partial charge on any atom is 0.499 e. The minimum absolute atomic E-state index is 0.0830. The van der Waals surface area contributed by atoms with E-state index in [9.17, 15) is 31.5 Å². The fraction of sp³-hybridized carbons (Fsp3) is 0.421. The lowest BCUT2D eigenvalue weighted by atomic mass is 10.0. The van der Waals surface area contributed by atoms with Gasteiger partial charge in [0.2, 0.25) is 17.8 Å². The van der Waals surface area contributed by atoms with Crippen LogP contribution in [0.25, 0.3) is 0 Å². The molecule has 2 atom stereocenters. The predicted octanol–water partition coefficient (Wildman–Crippen LogP) is 2.85. The molecule has 1 aromatic rings. The number of nitrogens with zero attached hydrogens (tertiary/aromatic N) is 2. The number of hydrogen-bond acceptors (Lipinski definition) is 5. The van der Waals surface area contributed by atoms with Crippen LogP contribution in [0.2, 0.25) is 0 Å². The highest BCUT2D eigenvalue weighted by Gasteiger charge is 2.61. The third-order valence-electron chi connectivity index (χ3n) is 4.84. The van der Waals surface area contributed by atoms with Crippen molar-refractivity contribution in [2.75, 3.05) is 0 Å². The van der Waals surface area contributed by atoms with E-state index in [-0.39, 0.29) is 17.8 Å². The molecule has 1 heterocycles. The molecule has 2 aliphatic rings. The topological polar surface area (TPSA) is 97.0 Å². The Bertz CT molecular complexity index is 910. The van der Waals surface area contributed by atoms with Gasteiger partial charge < -0.3 is 15.4 Å². The second-order valence-electron chi connectivity index (χ2n) is 7.17. The molecule has 0 radical (unpaired) electrons. The van der Waals surface area contributed by atoms with Crippen molar-refractivity contribution >= 4 is 17.8 Å². The van der Waals surface area contributed by atoms with Gasteiger partial charge in [-0.25, -0.2) is 4.99 Å². The number of carbonyl (C=O) groups is 2. The third kappa shape index (κ3) is 4.94. The van der Waals surface area contributed by atoms with Crippen LogP contribution < -0.4 is 15.8 Å². The molecule has 0 spiro atoms. The minimum Gasteiger partial charge on any atom is -0.426 e. The number of guanidine groups is 1. The van der Waals surface area contributed by atoms with Gasteiger partial charge in [0, 0.05) is 12.1 Å². The second-order valence-corrected chi connectivity index (χ2v) is 7.17. The molecule has 1 fully saturated rings. The lowest BCUT2D eigenvalue weighted by molar-refractivity contribution is -0.360. The molecule has 2 unspecified atom stereocenters. The van der Waals surface area contributed by atoms with E-state index in [1.165, 1.54) is 29.3 Å². The molecule has 1 aromatic carbocycles. The van der Waals surface area contributed by atoms with Gasteiger partial charge >= 0.3 is 12.3 Å². The lowest BCUT2D eigenvalue weighted by Crippen LogP contribution is -2.55. The van der Waals surface area contributed by atoms with Crippen molar-refractivity contribution in [1.29, 1.82) is 0 Å². The predicted molar refractivity (Wildman–Crippen MR) is 98.8 cm³/mol. The molecule has 3 rings (SSSR count). The van der Waals surface area contributed by atoms with Crippen LogP contribution >= 0.6 is 0 Å². The Morgan fingerprint density at radius 3 is 2.32 bits per heavy atom. The number of primary amides is 1. The molecule has 0 saturated heterocycles. The number of hydrogen-bond donors (Lipinski definition) is 2. The summed E-state index contributed by atoms with van der Waals surface area (Å²) in [5.41, 5.74) is 5.89. The molecule has 0 bridgehead atoms. The fourth-order valence-corrected chi connectivity index (χ4v) is 2.98. The van der Waals surface area contributed by atoms with Gasteiger partial charge in [-0.3, -0.25) is 14.9 Å². The van der Waals surface area contributed by atoms with Gasteiger partial charge in [0.1, 0.15) is 11.8 Å². The van der Waals surface area contributed by atoms with Crippen LogP contribution in [0.3, 0.4) is 0 Å². The number of alkyl halides is 5. The van der Waals surface area contributed by atoms with Crippen LogP contribution in [0, 0.1) is 5.92 Å². The second kappa shape index (κ2) is 8.16. The Hall–Kier alpha value is -3.18. The molecular weight excluding hydrogens is 427 g/mol. The Labute approximate surface area is 173 Å². The van der Waals surface area contributed by atoms with Gasteiger partial charge in [-0.1, -0.05) is 12.1 Å². The number of ether oxygens (including phenoxy) is 1. The molecule has 12 heteroatoms. The fourth-order valence-electron chi connectivity index (χ4n) is 2.98. The molecule has 1 saturated carbocycles. The summed E-state index contributed by atoms with van der Waals surface area (Å²) in [6, 6.07) is 2.81. The van der Waals surface area contributed by atoms with E-state index in [0.29, 0.717) is 5.56 Å². The maximum atomic E-state index is 13.1. The number of halogens is 5. The van der Waals surface area contributed by atoms with E-state index in [1.54, 1.807) is 6.92 Å². The minimum atomic E-state index is -5.86. The first-order valence-electron chi connectivity index (χ1n) is 9.27. The van der Waals surface area contributed by atoms with Crippen LogP contribution in [0.1, 0.15) is 31.4 Å². The highest BCUT2D eigenvalue weighted by molar-refractivity contribution is 6.01. The molecule has 31 heavy (non-hydrogen) atoms. The van der Waals surface area contributed by atoms with Gasteiger partial charge in [-0.05, 0) is 43.5 Å². The van der Waals surface area contributed by atoms with Crippen molar-refractivity contribution in [2.45, 2.75) is 44.1 Å². The van der Waals surface area contributed by atoms with Gasteiger partial charge in [0.25, 0.3) is 0 Å². The summed E-state index contributed by atoms with van der Waals surface area (Å²) in [4.78, 5) is 29.6. The number of nitrogens with two attached hydrogens (primary N) is 1. The Kier molecular flexibility index (Phi) is 5.92. The van der Waals surface area contributed by atoms with E-state index >= 15 is 0 Å². The zero-order valence-corrected chi connectivity index (χ0v) is 16.2. The average molecular weight is 446 g/mol. The normalized spacial score (nSPS) is 20.1. The summed E-state index contributed by atoms with van der Waals surface area (Å²) in [7, 11) is 0. The zero-order valence-electron chi connectivity index (χ0n) is 16.2. The summed E-state index contributed by atoms with van der Waals surface area (Å²) in [6.07, 6.45) is -6.97. The molecule has 3 N–H and O–H groups in total. The van der Waals surface area contributed by atoms with Crippen LogP contribution in [-0.2, 0) is 9.59 Å². The molecule has 7 nitrogen and oxygen atoms in total. The van der Waals surface area contributed by atoms with Gasteiger partial charge in [0.15, 0.2) is 0 Å². The van der Waals surface area contributed by atoms with Crippen molar-refractivity contribution in [3.05, 3.63) is 42.1 Å². The number of rotatable bonds is 6. The monoisotopic (exact) mass is 446 g/mol. The van der Waals surface area contributed by atoms with E-state index in [0.717, 1.165) is 25.0 Å². The quantitative estimate of drug-likeness (QED) is 0.657. The number of aliphatic imine (C=N–C) groups is 1. The average Bonchev–Trinajstić information content (AvgIpc) is 3.52. The maximum absolute atomic E-state index is 13.1. The summed E-state index contributed by atoms with van der Waals surface area (Å²) in [5.74, 6) is -1.73. The first kappa shape index (κ1) is 22.5. The highest BCUT2D eigenvalue weighted by atomic mass is 19.4. The number of amides is 2. The van der Waals surface area contributed by atoms with Crippen molar-refractivity contribution in [3.8, 4) is 5.75 Å². The van der Waals surface area contributed by atoms with E-state index in [1.807, 2.05) is 0 Å². The van der Waals surface area contributed by atoms with Crippen LogP contribution in [-0.4, -0.2) is 41.0 Å². The standard InChI is InChI=1S/C19H19F5N4O3/c1-10(11-4-6-13(7-5-11)31-19(23,24)18(20,21)22)28-14(15(25)29)8-9-26-17(28)27-16(30)12-2-3-12/h4-10,12,14H,2-3H2,1H3,(H2,25,29)(H,26,27,30). The van der Waals surface area contributed by atoms with Crippen LogP contribution in [0.5, 0.6) is 5.75 Å². The molecular formula is C19H19F5N4O3. The number of carbonyl (C=O) groups excluding carboxylic acids is 2. The van der Waals surface area contributed by atoms with Gasteiger partial charge in [0.05, 0.1) is 6.04 Å². The summed E-state index contributed by atoms with van der Waals surface area (Å²) < 4.78 is 66.9. The van der Waals surface area contributed by atoms with Gasteiger partial charge in [-0.2, -0.15) is 22.0 Å². The van der Waals surface area contributed by atoms with Gasteiger partial charge in [-0.15, -0.1) is 0 Å². The smallest absolute Gasteiger partial charge is 0.426 e. The van der Waals surface area contributed by atoms with Crippen LogP contribution in [0.4, 0.5) is 22.0 Å². The van der Waals surface area contributed by atoms with Crippen molar-refractivity contribution < 1.29 is 36.3 Å². The third-order valence-corrected chi connectivity index (χ3v) is 4.84. The van der Waals surface area contributed by atoms with Crippen LogP contribution in [0.15, 0.2) is 41.5 Å². The highest BCUT2D eigenvalue weighted by Crippen LogP contribution is 2.37. The molecule has 2 amide bonds. The SMILES string of the molecule is CC(c1ccc(OC(F)(F)C(F)(F)F)cc1)N1C(NC(=O)C2CC2)=NC=CC1C(N)=O. The summed E-state index contributed by atoms with van der Waals surface area (Å²) >= 11 is 0. The van der Waals surface area contributed by atoms with E-state index in [4.69, 9.17) is 5.73 Å². The zero-order chi connectivity index (χ0) is 23.0. The van der Waals surface area contributed by atoms with Crippen molar-refractivity contribution in [1.82, 2.24) is 10.2 Å². The number of nitrogens with one attached hydrogen (secondary N) is 1. The molecule has 168 valence electrons. The molecule has 1 aliphatic heterocycles. The van der Waals surface area contributed by atoms with Crippen molar-refractivity contribution in [3.63, 3.8) is 0 Å². The van der Waals surface area contributed by atoms with E-state index < -0.39 is 36.0 Å². The summed E-state index contributed by atoms with van der Waals surface area (Å²) in [5, 5.41) is 2.65. The molecule has 0 aromatic heterocycles. The first-order chi connectivity index (χ1) is 14.4. The van der Waals surface area contributed by atoms with Crippen molar-refractivity contribution in [2.24, 2.45) is 16.6 Å². The largest absolute Gasteiger partial charge is 0.499 e. The molecule has 1 aliphatic carbocycles. The Morgan fingerprint density at radius 1 is 1.19 bits per heavy atom. The first-order valence-corrected chi connectivity index (χ1v) is 9.27. The van der Waals surface area contributed by atoms with E-state index in [2.05, 4.69) is 15.0 Å².